The van der Waals surface area contributed by atoms with E-state index in [9.17, 15) is 0 Å². The minimum atomic E-state index is 0.271. The third-order valence-corrected chi connectivity index (χ3v) is 6.26. The van der Waals surface area contributed by atoms with E-state index in [0.717, 1.165) is 35.8 Å². The predicted molar refractivity (Wildman–Crippen MR) is 94.4 cm³/mol. The summed E-state index contributed by atoms with van der Waals surface area (Å²) < 4.78 is 3.10. The predicted octanol–water partition coefficient (Wildman–Crippen LogP) is 4.80. The summed E-state index contributed by atoms with van der Waals surface area (Å²) in [6.07, 6.45) is 1.96. The molecule has 2 aromatic rings. The van der Waals surface area contributed by atoms with E-state index in [1.54, 1.807) is 11.3 Å². The molecule has 0 aliphatic carbocycles. The van der Waals surface area contributed by atoms with Crippen molar-refractivity contribution in [3.8, 4) is 0 Å². The van der Waals surface area contributed by atoms with Crippen LogP contribution in [-0.4, -0.2) is 16.3 Å². The van der Waals surface area contributed by atoms with Crippen molar-refractivity contribution in [1.82, 2.24) is 15.1 Å². The second-order valence-corrected chi connectivity index (χ2v) is 8.07. The van der Waals surface area contributed by atoms with Crippen molar-refractivity contribution in [1.29, 1.82) is 0 Å². The highest BCUT2D eigenvalue weighted by Gasteiger charge is 2.20. The first-order valence-corrected chi connectivity index (χ1v) is 9.10. The van der Waals surface area contributed by atoms with Crippen LogP contribution in [0.15, 0.2) is 9.85 Å². The first kappa shape index (κ1) is 17.0. The Hall–Kier alpha value is -0.360. The topological polar surface area (TPSA) is 29.9 Å². The van der Waals surface area contributed by atoms with Gasteiger partial charge in [0.1, 0.15) is 0 Å². The Morgan fingerprint density at radius 3 is 2.67 bits per heavy atom. The average Bonchev–Trinajstić information content (AvgIpc) is 2.88. The van der Waals surface area contributed by atoms with Gasteiger partial charge in [0.05, 0.1) is 20.2 Å². The summed E-state index contributed by atoms with van der Waals surface area (Å²) in [6.45, 7) is 7.25. The van der Waals surface area contributed by atoms with Crippen LogP contribution in [-0.2, 0) is 13.5 Å². The second-order valence-electron chi connectivity index (χ2n) is 5.29. The number of aryl methyl sites for hydroxylation is 3. The lowest BCUT2D eigenvalue weighted by Crippen LogP contribution is -2.24. The SMILES string of the molecule is CCCNC(Cc1c(Cl)c(C)nn1C)c1cc(C)c(Br)s1. The molecule has 3 nitrogen and oxygen atoms in total. The second kappa shape index (κ2) is 7.27. The maximum Gasteiger partial charge on any atom is 0.0847 e. The fourth-order valence-electron chi connectivity index (χ4n) is 2.34. The number of nitrogens with one attached hydrogen (secondary N) is 1. The Balaban J connectivity index is 2.28. The van der Waals surface area contributed by atoms with Gasteiger partial charge in [0.25, 0.3) is 0 Å². The van der Waals surface area contributed by atoms with Crippen LogP contribution < -0.4 is 5.32 Å². The van der Waals surface area contributed by atoms with Crippen LogP contribution >= 0.6 is 38.9 Å². The molecule has 0 saturated carbocycles. The molecule has 1 unspecified atom stereocenters. The smallest absolute Gasteiger partial charge is 0.0847 e. The fourth-order valence-corrected chi connectivity index (χ4v) is 4.23. The zero-order valence-corrected chi connectivity index (χ0v) is 16.0. The third kappa shape index (κ3) is 3.89. The van der Waals surface area contributed by atoms with E-state index >= 15 is 0 Å². The van der Waals surface area contributed by atoms with Crippen molar-refractivity contribution in [3.63, 3.8) is 0 Å². The molecule has 2 rings (SSSR count). The first-order valence-electron chi connectivity index (χ1n) is 7.11. The van der Waals surface area contributed by atoms with Gasteiger partial charge in [-0.05, 0) is 54.4 Å². The highest BCUT2D eigenvalue weighted by atomic mass is 79.9. The van der Waals surface area contributed by atoms with Gasteiger partial charge in [0.15, 0.2) is 0 Å². The largest absolute Gasteiger partial charge is 0.309 e. The van der Waals surface area contributed by atoms with E-state index in [1.807, 2.05) is 18.7 Å². The lowest BCUT2D eigenvalue weighted by atomic mass is 10.1. The van der Waals surface area contributed by atoms with E-state index in [0.29, 0.717) is 0 Å². The number of halogens is 2. The Morgan fingerprint density at radius 1 is 1.48 bits per heavy atom. The summed E-state index contributed by atoms with van der Waals surface area (Å²) in [7, 11) is 1.96. The minimum absolute atomic E-state index is 0.271. The van der Waals surface area contributed by atoms with Gasteiger partial charge < -0.3 is 5.32 Å². The van der Waals surface area contributed by atoms with Crippen LogP contribution in [0.2, 0.25) is 5.02 Å². The molecule has 0 radical (unpaired) electrons. The van der Waals surface area contributed by atoms with Crippen LogP contribution in [0.3, 0.4) is 0 Å². The van der Waals surface area contributed by atoms with Crippen LogP contribution in [0, 0.1) is 13.8 Å². The third-order valence-electron chi connectivity index (χ3n) is 3.52. The van der Waals surface area contributed by atoms with Crippen molar-refractivity contribution < 1.29 is 0 Å². The first-order chi connectivity index (χ1) is 9.93. The summed E-state index contributed by atoms with van der Waals surface area (Å²) >= 11 is 11.8. The van der Waals surface area contributed by atoms with Gasteiger partial charge in [-0.1, -0.05) is 18.5 Å². The molecule has 1 atom stereocenters. The van der Waals surface area contributed by atoms with Crippen molar-refractivity contribution in [3.05, 3.63) is 36.7 Å². The van der Waals surface area contributed by atoms with Crippen LogP contribution in [0.1, 0.15) is 41.2 Å². The van der Waals surface area contributed by atoms with Crippen molar-refractivity contribution in [2.24, 2.45) is 7.05 Å². The molecule has 6 heteroatoms. The summed E-state index contributed by atoms with van der Waals surface area (Å²) in [5.74, 6) is 0. The van der Waals surface area contributed by atoms with E-state index in [4.69, 9.17) is 11.6 Å². The zero-order valence-electron chi connectivity index (χ0n) is 12.8. The number of rotatable bonds is 6. The highest BCUT2D eigenvalue weighted by Crippen LogP contribution is 2.34. The number of hydrogen-bond acceptors (Lipinski definition) is 3. The molecule has 116 valence electrons. The summed E-state index contributed by atoms with van der Waals surface area (Å²) in [5.41, 5.74) is 3.27. The lowest BCUT2D eigenvalue weighted by molar-refractivity contribution is 0.519. The van der Waals surface area contributed by atoms with Crippen molar-refractivity contribution in [2.75, 3.05) is 6.54 Å². The van der Waals surface area contributed by atoms with Gasteiger partial charge in [-0.25, -0.2) is 0 Å². The summed E-state index contributed by atoms with van der Waals surface area (Å²) in [6, 6.07) is 2.52. The fraction of sp³-hybridized carbons (Fsp3) is 0.533. The zero-order chi connectivity index (χ0) is 15.6. The molecule has 0 spiro atoms. The van der Waals surface area contributed by atoms with Gasteiger partial charge in [-0.15, -0.1) is 11.3 Å². The molecule has 0 fully saturated rings. The van der Waals surface area contributed by atoms with E-state index in [-0.39, 0.29) is 6.04 Å². The maximum absolute atomic E-state index is 6.40. The van der Waals surface area contributed by atoms with E-state index in [1.165, 1.54) is 14.2 Å². The average molecular weight is 391 g/mol. The highest BCUT2D eigenvalue weighted by molar-refractivity contribution is 9.11. The molecular formula is C15H21BrClN3S. The number of hydrogen-bond donors (Lipinski definition) is 1. The molecule has 2 heterocycles. The van der Waals surface area contributed by atoms with Gasteiger partial charge >= 0.3 is 0 Å². The maximum atomic E-state index is 6.40. The molecular weight excluding hydrogens is 370 g/mol. The van der Waals surface area contributed by atoms with E-state index < -0.39 is 0 Å². The molecule has 0 aliphatic rings. The van der Waals surface area contributed by atoms with Gasteiger partial charge in [0, 0.05) is 24.4 Å². The number of nitrogens with zero attached hydrogens (tertiary/aromatic N) is 2. The van der Waals surface area contributed by atoms with Crippen LogP contribution in [0.25, 0.3) is 0 Å². The Labute approximate surface area is 143 Å². The molecule has 0 aliphatic heterocycles. The molecule has 1 N–H and O–H groups in total. The molecule has 0 saturated heterocycles. The van der Waals surface area contributed by atoms with Gasteiger partial charge in [-0.2, -0.15) is 5.10 Å². The molecule has 21 heavy (non-hydrogen) atoms. The standard InChI is InChI=1S/C15H21BrClN3S/c1-5-6-18-11(13-7-9(2)15(16)21-13)8-12-14(17)10(3)19-20(12)4/h7,11,18H,5-6,8H2,1-4H3. The molecule has 0 bridgehead atoms. The summed E-state index contributed by atoms with van der Waals surface area (Å²) in [4.78, 5) is 1.34. The Morgan fingerprint density at radius 2 is 2.19 bits per heavy atom. The van der Waals surface area contributed by atoms with Crippen LogP contribution in [0.4, 0.5) is 0 Å². The quantitative estimate of drug-likeness (QED) is 0.768. The Bertz CT molecular complexity index is 601. The van der Waals surface area contributed by atoms with Crippen LogP contribution in [0.5, 0.6) is 0 Å². The lowest BCUT2D eigenvalue weighted by Gasteiger charge is -2.17. The Kier molecular flexibility index (Phi) is 5.88. The molecule has 0 amide bonds. The monoisotopic (exact) mass is 389 g/mol. The minimum Gasteiger partial charge on any atom is -0.309 e. The van der Waals surface area contributed by atoms with E-state index in [2.05, 4.69) is 46.3 Å². The molecule has 0 aromatic carbocycles. The number of aromatic nitrogens is 2. The van der Waals surface area contributed by atoms with Crippen molar-refractivity contribution >= 4 is 38.9 Å². The summed E-state index contributed by atoms with van der Waals surface area (Å²) in [5, 5.41) is 8.83. The number of thiophene rings is 1. The van der Waals surface area contributed by atoms with Gasteiger partial charge in [0.2, 0.25) is 0 Å². The van der Waals surface area contributed by atoms with Gasteiger partial charge in [-0.3, -0.25) is 4.68 Å². The molecule has 2 aromatic heterocycles. The van der Waals surface area contributed by atoms with Crippen molar-refractivity contribution in [2.45, 2.75) is 39.7 Å². The normalized spacial score (nSPS) is 12.9.